The first-order valence-corrected chi connectivity index (χ1v) is 14.3. The molecule has 2 heterocycles. The average molecular weight is 563 g/mol. The Hall–Kier alpha value is -4.56. The Morgan fingerprint density at radius 2 is 1.59 bits per heavy atom. The number of para-hydroxylation sites is 1. The highest BCUT2D eigenvalue weighted by Crippen LogP contribution is 2.40. The van der Waals surface area contributed by atoms with Gasteiger partial charge in [-0.1, -0.05) is 59.8 Å². The van der Waals surface area contributed by atoms with Crippen molar-refractivity contribution < 1.29 is 14.3 Å². The molecule has 206 valence electrons. The molecule has 0 spiro atoms. The van der Waals surface area contributed by atoms with Crippen molar-refractivity contribution in [3.8, 4) is 34.0 Å². The summed E-state index contributed by atoms with van der Waals surface area (Å²) in [6.45, 7) is 4.77. The number of anilines is 1. The first kappa shape index (κ1) is 26.7. The molecule has 41 heavy (non-hydrogen) atoms. The van der Waals surface area contributed by atoms with E-state index in [0.29, 0.717) is 36.0 Å². The minimum absolute atomic E-state index is 0.387. The molecule has 1 aliphatic rings. The van der Waals surface area contributed by atoms with E-state index in [0.717, 1.165) is 46.9 Å². The fourth-order valence-corrected chi connectivity index (χ4v) is 5.31. The Kier molecular flexibility index (Phi) is 7.73. The fraction of sp³-hybridized carbons (Fsp3) is 0.182. The van der Waals surface area contributed by atoms with Gasteiger partial charge in [-0.3, -0.25) is 0 Å². The van der Waals surface area contributed by atoms with Gasteiger partial charge in [0, 0.05) is 35.7 Å². The normalized spacial score (nSPS) is 12.0. The predicted molar refractivity (Wildman–Crippen MR) is 164 cm³/mol. The number of nitrogens with zero attached hydrogens (tertiary/aromatic N) is 4. The molecule has 5 aromatic rings. The molecule has 8 heteroatoms. The van der Waals surface area contributed by atoms with Crippen LogP contribution in [0, 0.1) is 0 Å². The monoisotopic (exact) mass is 562 g/mol. The highest BCUT2D eigenvalue weighted by molar-refractivity contribution is 7.79. The molecule has 0 atom stereocenters. The molecule has 0 N–H and O–H groups in total. The summed E-state index contributed by atoms with van der Waals surface area (Å²) in [7, 11) is 0. The van der Waals surface area contributed by atoms with Gasteiger partial charge in [-0.15, -0.1) is 5.10 Å². The molecule has 0 amide bonds. The third-order valence-corrected chi connectivity index (χ3v) is 7.59. The minimum atomic E-state index is -0.420. The Balaban J connectivity index is 1.18. The van der Waals surface area contributed by atoms with Crippen molar-refractivity contribution >= 4 is 24.3 Å². The van der Waals surface area contributed by atoms with E-state index in [1.807, 2.05) is 22.9 Å². The molecule has 1 aliphatic heterocycles. The van der Waals surface area contributed by atoms with Gasteiger partial charge in [0.05, 0.1) is 17.8 Å². The molecule has 0 bridgehead atoms. The number of ether oxygens (including phenoxy) is 2. The maximum atomic E-state index is 12.6. The number of esters is 1. The number of thiol groups is 1. The van der Waals surface area contributed by atoms with E-state index in [4.69, 9.17) is 9.47 Å². The topological polar surface area (TPSA) is 69.5 Å². The number of carbonyl (C=O) groups excluding carboxylic acids is 1. The number of aromatic nitrogens is 3. The highest BCUT2D eigenvalue weighted by atomic mass is 32.1. The lowest BCUT2D eigenvalue weighted by Gasteiger charge is -2.29. The molecule has 0 radical (unpaired) electrons. The summed E-state index contributed by atoms with van der Waals surface area (Å²) in [4.78, 5) is 15.0. The van der Waals surface area contributed by atoms with Crippen LogP contribution in [0.1, 0.15) is 28.4 Å². The Bertz CT molecular complexity index is 1670. The van der Waals surface area contributed by atoms with Crippen molar-refractivity contribution in [1.29, 1.82) is 0 Å². The number of fused-ring (bicyclic) bond motifs is 5. The molecule has 7 nitrogen and oxygen atoms in total. The molecule has 6 rings (SSSR count). The van der Waals surface area contributed by atoms with Gasteiger partial charge in [0.2, 0.25) is 0 Å². The van der Waals surface area contributed by atoms with E-state index in [-0.39, 0.29) is 0 Å². The van der Waals surface area contributed by atoms with Crippen LogP contribution in [0.2, 0.25) is 0 Å². The van der Waals surface area contributed by atoms with Gasteiger partial charge in [-0.25, -0.2) is 9.48 Å². The number of carbonyl (C=O) groups is 1. The van der Waals surface area contributed by atoms with E-state index >= 15 is 0 Å². The van der Waals surface area contributed by atoms with Crippen LogP contribution in [0.4, 0.5) is 5.69 Å². The van der Waals surface area contributed by atoms with Gasteiger partial charge in [0.1, 0.15) is 23.8 Å². The molecule has 0 aliphatic carbocycles. The van der Waals surface area contributed by atoms with Gasteiger partial charge in [-0.2, -0.15) is 12.6 Å². The van der Waals surface area contributed by atoms with Crippen molar-refractivity contribution in [2.24, 2.45) is 0 Å². The summed E-state index contributed by atoms with van der Waals surface area (Å²) in [5.74, 6) is 1.37. The number of hydrogen-bond donors (Lipinski definition) is 1. The van der Waals surface area contributed by atoms with Crippen molar-refractivity contribution in [3.63, 3.8) is 0 Å². The minimum Gasteiger partial charge on any atom is -0.492 e. The van der Waals surface area contributed by atoms with Crippen molar-refractivity contribution in [2.45, 2.75) is 25.8 Å². The van der Waals surface area contributed by atoms with Crippen LogP contribution in [0.3, 0.4) is 0 Å². The smallest absolute Gasteiger partial charge is 0.343 e. The fourth-order valence-electron chi connectivity index (χ4n) is 5.10. The van der Waals surface area contributed by atoms with E-state index in [1.165, 1.54) is 5.56 Å². The quantitative estimate of drug-likeness (QED) is 0.129. The van der Waals surface area contributed by atoms with Gasteiger partial charge >= 0.3 is 5.97 Å². The van der Waals surface area contributed by atoms with Crippen molar-refractivity contribution in [3.05, 3.63) is 114 Å². The molecular weight excluding hydrogens is 532 g/mol. The maximum Gasteiger partial charge on any atom is 0.343 e. The molecule has 0 unspecified atom stereocenters. The first-order chi connectivity index (χ1) is 20.1. The SMILES string of the molecule is CCN1Cc2ccccc2-c2nnn(CCOc3ccc(C(=O)Oc4ccc(CS)cc4)cc3)c2-c2ccccc21. The van der Waals surface area contributed by atoms with Gasteiger partial charge < -0.3 is 14.4 Å². The summed E-state index contributed by atoms with van der Waals surface area (Å²) < 4.78 is 13.5. The standard InChI is InChI=1S/C33H30N4O3S/c1-2-36-21-25-7-3-4-8-28(25)31-32(29-9-5-6-10-30(29)36)37(35-34-31)19-20-39-26-17-13-24(14-18-26)33(38)40-27-15-11-23(22-41)12-16-27/h3-18,41H,2,19-22H2,1H3. The lowest BCUT2D eigenvalue weighted by atomic mass is 9.95. The summed E-state index contributed by atoms with van der Waals surface area (Å²) in [5.41, 5.74) is 7.96. The maximum absolute atomic E-state index is 12.6. The van der Waals surface area contributed by atoms with E-state index < -0.39 is 5.97 Å². The zero-order chi connectivity index (χ0) is 28.2. The first-order valence-electron chi connectivity index (χ1n) is 13.7. The average Bonchev–Trinajstić information content (AvgIpc) is 3.43. The van der Waals surface area contributed by atoms with Crippen LogP contribution in [0.25, 0.3) is 22.5 Å². The number of hydrogen-bond acceptors (Lipinski definition) is 7. The van der Waals surface area contributed by atoms with Gasteiger partial charge in [0.25, 0.3) is 0 Å². The second kappa shape index (κ2) is 11.9. The van der Waals surface area contributed by atoms with Crippen molar-refractivity contribution in [2.75, 3.05) is 18.1 Å². The molecular formula is C33H30N4O3S. The van der Waals surface area contributed by atoms with Crippen LogP contribution >= 0.6 is 12.6 Å². The van der Waals surface area contributed by atoms with E-state index in [2.05, 4.69) is 77.2 Å². The van der Waals surface area contributed by atoms with Crippen LogP contribution in [0.5, 0.6) is 11.5 Å². The van der Waals surface area contributed by atoms with Crippen molar-refractivity contribution in [1.82, 2.24) is 15.0 Å². The Morgan fingerprint density at radius 1 is 0.878 bits per heavy atom. The Morgan fingerprint density at radius 3 is 2.34 bits per heavy atom. The number of rotatable bonds is 8. The third kappa shape index (κ3) is 5.56. The molecule has 4 aromatic carbocycles. The van der Waals surface area contributed by atoms with Crippen LogP contribution in [-0.2, 0) is 18.8 Å². The van der Waals surface area contributed by atoms with Crippen LogP contribution < -0.4 is 14.4 Å². The third-order valence-electron chi connectivity index (χ3n) is 7.23. The highest BCUT2D eigenvalue weighted by Gasteiger charge is 2.25. The van der Waals surface area contributed by atoms with E-state index in [1.54, 1.807) is 36.4 Å². The molecule has 0 saturated heterocycles. The Labute approximate surface area is 244 Å². The largest absolute Gasteiger partial charge is 0.492 e. The second-order valence-electron chi connectivity index (χ2n) is 9.76. The summed E-state index contributed by atoms with van der Waals surface area (Å²) in [6, 6.07) is 31.1. The zero-order valence-electron chi connectivity index (χ0n) is 22.7. The second-order valence-corrected chi connectivity index (χ2v) is 10.1. The lowest BCUT2D eigenvalue weighted by Crippen LogP contribution is -2.24. The van der Waals surface area contributed by atoms with Gasteiger partial charge in [0.15, 0.2) is 0 Å². The lowest BCUT2D eigenvalue weighted by molar-refractivity contribution is 0.0734. The number of benzene rings is 4. The van der Waals surface area contributed by atoms with E-state index in [9.17, 15) is 4.79 Å². The summed E-state index contributed by atoms with van der Waals surface area (Å²) in [6.07, 6.45) is 0. The summed E-state index contributed by atoms with van der Waals surface area (Å²) in [5, 5.41) is 9.19. The predicted octanol–water partition coefficient (Wildman–Crippen LogP) is 6.68. The molecule has 0 fully saturated rings. The van der Waals surface area contributed by atoms with Gasteiger partial charge in [-0.05, 0) is 60.5 Å². The summed E-state index contributed by atoms with van der Waals surface area (Å²) >= 11 is 4.25. The molecule has 1 aromatic heterocycles. The van der Waals surface area contributed by atoms with Crippen LogP contribution in [-0.4, -0.2) is 34.1 Å². The molecule has 0 saturated carbocycles. The zero-order valence-corrected chi connectivity index (χ0v) is 23.6. The van der Waals surface area contributed by atoms with Crippen LogP contribution in [0.15, 0.2) is 97.1 Å².